The molecule has 0 aliphatic carbocycles. The first-order chi connectivity index (χ1) is 6.61. The average molecular weight is 206 g/mol. The molecule has 1 aliphatic rings. The number of ether oxygens (including phenoxy) is 2. The van der Waals surface area contributed by atoms with Crippen LogP contribution in [0.3, 0.4) is 0 Å². The summed E-state index contributed by atoms with van der Waals surface area (Å²) in [6.07, 6.45) is -3.36. The highest BCUT2D eigenvalue weighted by molar-refractivity contribution is 5.73. The van der Waals surface area contributed by atoms with Gasteiger partial charge >= 0.3 is 5.97 Å². The van der Waals surface area contributed by atoms with Crippen molar-refractivity contribution in [3.63, 3.8) is 0 Å². The Kier molecular flexibility index (Phi) is 3.82. The third kappa shape index (κ3) is 2.03. The van der Waals surface area contributed by atoms with Crippen molar-refractivity contribution in [3.8, 4) is 0 Å². The molecule has 0 amide bonds. The summed E-state index contributed by atoms with van der Waals surface area (Å²) < 4.78 is 9.41. The van der Waals surface area contributed by atoms with Gasteiger partial charge in [0, 0.05) is 0 Å². The molecule has 3 N–H and O–H groups in total. The van der Waals surface area contributed by atoms with Crippen LogP contribution in [0, 0.1) is 5.92 Å². The zero-order valence-corrected chi connectivity index (χ0v) is 7.79. The number of aliphatic hydroxyl groups is 3. The monoisotopic (exact) mass is 206 g/mol. The van der Waals surface area contributed by atoms with Crippen LogP contribution in [-0.4, -0.2) is 59.9 Å². The second kappa shape index (κ2) is 4.70. The lowest BCUT2D eigenvalue weighted by molar-refractivity contribution is -0.192. The zero-order chi connectivity index (χ0) is 10.7. The van der Waals surface area contributed by atoms with E-state index >= 15 is 0 Å². The number of esters is 1. The summed E-state index contributed by atoms with van der Waals surface area (Å²) in [6, 6.07) is 0. The van der Waals surface area contributed by atoms with Crippen LogP contribution >= 0.6 is 0 Å². The Bertz CT molecular complexity index is 206. The SMILES string of the molecule is COC(=O)[C@@H]1CO[C@H](CO)[C@H](O)[C@@H]1O. The van der Waals surface area contributed by atoms with Gasteiger partial charge in [-0.3, -0.25) is 4.79 Å². The highest BCUT2D eigenvalue weighted by atomic mass is 16.5. The average Bonchev–Trinajstić information content (AvgIpc) is 2.21. The van der Waals surface area contributed by atoms with E-state index in [-0.39, 0.29) is 6.61 Å². The minimum absolute atomic E-state index is 0.0594. The van der Waals surface area contributed by atoms with Crippen LogP contribution < -0.4 is 0 Å². The molecular weight excluding hydrogens is 192 g/mol. The Morgan fingerprint density at radius 1 is 1.50 bits per heavy atom. The summed E-state index contributed by atoms with van der Waals surface area (Å²) in [4.78, 5) is 11.1. The van der Waals surface area contributed by atoms with Gasteiger partial charge in [0.2, 0.25) is 0 Å². The van der Waals surface area contributed by atoms with Crippen LogP contribution in [0.1, 0.15) is 0 Å². The van der Waals surface area contributed by atoms with E-state index in [1.54, 1.807) is 0 Å². The molecule has 1 rings (SSSR count). The maximum atomic E-state index is 11.1. The van der Waals surface area contributed by atoms with Crippen molar-refractivity contribution in [2.45, 2.75) is 18.3 Å². The molecule has 0 radical (unpaired) electrons. The maximum Gasteiger partial charge on any atom is 0.313 e. The fourth-order valence-corrected chi connectivity index (χ4v) is 1.40. The first kappa shape index (κ1) is 11.4. The number of methoxy groups -OCH3 is 1. The first-order valence-electron chi connectivity index (χ1n) is 4.28. The summed E-state index contributed by atoms with van der Waals surface area (Å²) in [5.41, 5.74) is 0. The van der Waals surface area contributed by atoms with Crippen LogP contribution in [0.2, 0.25) is 0 Å². The minimum atomic E-state index is -1.27. The van der Waals surface area contributed by atoms with E-state index < -0.39 is 36.8 Å². The van der Waals surface area contributed by atoms with Crippen LogP contribution in [0.25, 0.3) is 0 Å². The standard InChI is InChI=1S/C8H14O6/c1-13-8(12)4-3-14-5(2-9)7(11)6(4)10/h4-7,9-11H,2-3H2,1H3/t4-,5-,6-,7+/m1/s1. The molecule has 0 spiro atoms. The molecule has 0 unspecified atom stereocenters. The fourth-order valence-electron chi connectivity index (χ4n) is 1.40. The minimum Gasteiger partial charge on any atom is -0.469 e. The van der Waals surface area contributed by atoms with Gasteiger partial charge < -0.3 is 24.8 Å². The normalized spacial score (nSPS) is 38.0. The van der Waals surface area contributed by atoms with Gasteiger partial charge in [0.05, 0.1) is 26.4 Å². The number of aliphatic hydroxyl groups excluding tert-OH is 3. The van der Waals surface area contributed by atoms with Crippen molar-refractivity contribution in [1.82, 2.24) is 0 Å². The van der Waals surface area contributed by atoms with Crippen molar-refractivity contribution in [3.05, 3.63) is 0 Å². The summed E-state index contributed by atoms with van der Waals surface area (Å²) >= 11 is 0. The lowest BCUT2D eigenvalue weighted by Gasteiger charge is -2.35. The van der Waals surface area contributed by atoms with Gasteiger partial charge in [0.15, 0.2) is 0 Å². The first-order valence-corrected chi connectivity index (χ1v) is 4.28. The van der Waals surface area contributed by atoms with Gasteiger partial charge in [-0.05, 0) is 0 Å². The molecule has 1 saturated heterocycles. The maximum absolute atomic E-state index is 11.1. The predicted octanol–water partition coefficient (Wildman–Crippen LogP) is -2.11. The second-order valence-electron chi connectivity index (χ2n) is 3.17. The molecule has 14 heavy (non-hydrogen) atoms. The number of hydrogen-bond donors (Lipinski definition) is 3. The molecular formula is C8H14O6. The summed E-state index contributed by atoms with van der Waals surface area (Å²) in [5.74, 6) is -1.52. The lowest BCUT2D eigenvalue weighted by Crippen LogP contribution is -2.53. The van der Waals surface area contributed by atoms with Crippen molar-refractivity contribution >= 4 is 5.97 Å². The van der Waals surface area contributed by atoms with E-state index in [0.29, 0.717) is 0 Å². The number of carbonyl (C=O) groups excluding carboxylic acids is 1. The molecule has 1 aliphatic heterocycles. The van der Waals surface area contributed by atoms with E-state index in [1.807, 2.05) is 0 Å². The van der Waals surface area contributed by atoms with Crippen LogP contribution in [0.4, 0.5) is 0 Å². The van der Waals surface area contributed by atoms with Crippen LogP contribution in [0.15, 0.2) is 0 Å². The van der Waals surface area contributed by atoms with Gasteiger partial charge in [0.25, 0.3) is 0 Å². The third-order valence-corrected chi connectivity index (χ3v) is 2.32. The van der Waals surface area contributed by atoms with E-state index in [2.05, 4.69) is 4.74 Å². The summed E-state index contributed by atoms with van der Waals surface area (Å²) in [7, 11) is 1.19. The molecule has 0 bridgehead atoms. The quantitative estimate of drug-likeness (QED) is 0.447. The summed E-state index contributed by atoms with van der Waals surface area (Å²) in [6.45, 7) is -0.456. The molecule has 1 heterocycles. The molecule has 0 saturated carbocycles. The molecule has 4 atom stereocenters. The Hall–Kier alpha value is -0.690. The molecule has 82 valence electrons. The highest BCUT2D eigenvalue weighted by Gasteiger charge is 2.42. The Labute approximate surface area is 81.1 Å². The van der Waals surface area contributed by atoms with E-state index in [9.17, 15) is 15.0 Å². The van der Waals surface area contributed by atoms with E-state index in [0.717, 1.165) is 0 Å². The predicted molar refractivity (Wildman–Crippen MR) is 44.3 cm³/mol. The van der Waals surface area contributed by atoms with Crippen LogP contribution in [0.5, 0.6) is 0 Å². The number of rotatable bonds is 2. The van der Waals surface area contributed by atoms with E-state index in [4.69, 9.17) is 9.84 Å². The molecule has 1 fully saturated rings. The Balaban J connectivity index is 2.63. The molecule has 6 nitrogen and oxygen atoms in total. The largest absolute Gasteiger partial charge is 0.469 e. The van der Waals surface area contributed by atoms with Gasteiger partial charge in [0.1, 0.15) is 18.1 Å². The second-order valence-corrected chi connectivity index (χ2v) is 3.17. The molecule has 0 aromatic rings. The van der Waals surface area contributed by atoms with Gasteiger partial charge in [-0.15, -0.1) is 0 Å². The fraction of sp³-hybridized carbons (Fsp3) is 0.875. The summed E-state index contributed by atoms with van der Waals surface area (Å²) in [5, 5.41) is 27.7. The third-order valence-electron chi connectivity index (χ3n) is 2.32. The zero-order valence-electron chi connectivity index (χ0n) is 7.79. The Morgan fingerprint density at radius 2 is 2.14 bits per heavy atom. The van der Waals surface area contributed by atoms with Gasteiger partial charge in [-0.25, -0.2) is 0 Å². The van der Waals surface area contributed by atoms with Crippen LogP contribution in [-0.2, 0) is 14.3 Å². The van der Waals surface area contributed by atoms with E-state index in [1.165, 1.54) is 7.11 Å². The number of carbonyl (C=O) groups is 1. The smallest absolute Gasteiger partial charge is 0.313 e. The lowest BCUT2D eigenvalue weighted by atomic mass is 9.92. The Morgan fingerprint density at radius 3 is 2.64 bits per heavy atom. The van der Waals surface area contributed by atoms with Crippen molar-refractivity contribution in [2.24, 2.45) is 5.92 Å². The number of hydrogen-bond acceptors (Lipinski definition) is 6. The van der Waals surface area contributed by atoms with Crippen molar-refractivity contribution in [2.75, 3.05) is 20.3 Å². The van der Waals surface area contributed by atoms with Gasteiger partial charge in [-0.1, -0.05) is 0 Å². The van der Waals surface area contributed by atoms with Crippen molar-refractivity contribution in [1.29, 1.82) is 0 Å². The van der Waals surface area contributed by atoms with Crippen molar-refractivity contribution < 1.29 is 29.6 Å². The molecule has 0 aromatic carbocycles. The molecule has 0 aromatic heterocycles. The molecule has 6 heteroatoms. The highest BCUT2D eigenvalue weighted by Crippen LogP contribution is 2.21. The topological polar surface area (TPSA) is 96.2 Å². The van der Waals surface area contributed by atoms with Gasteiger partial charge in [-0.2, -0.15) is 0 Å².